The van der Waals surface area contributed by atoms with Crippen LogP contribution in [0.5, 0.6) is 0 Å². The van der Waals surface area contributed by atoms with Crippen molar-refractivity contribution in [2.24, 2.45) is 0 Å². The van der Waals surface area contributed by atoms with Gasteiger partial charge in [-0.25, -0.2) is 9.18 Å². The predicted octanol–water partition coefficient (Wildman–Crippen LogP) is 2.72. The summed E-state index contributed by atoms with van der Waals surface area (Å²) in [6.45, 7) is 10.3. The lowest BCUT2D eigenvalue weighted by molar-refractivity contribution is -0.000471. The molecule has 4 nitrogen and oxygen atoms in total. The van der Waals surface area contributed by atoms with Gasteiger partial charge in [0.2, 0.25) is 0 Å². The zero-order chi connectivity index (χ0) is 14.7. The summed E-state index contributed by atoms with van der Waals surface area (Å²) in [6, 6.07) is 0.0612. The van der Waals surface area contributed by atoms with Gasteiger partial charge in [-0.05, 0) is 60.5 Å². The van der Waals surface area contributed by atoms with E-state index in [1.165, 1.54) is 13.8 Å². The second-order valence-corrected chi connectivity index (χ2v) is 6.81. The van der Waals surface area contributed by atoms with Crippen LogP contribution in [0.1, 0.15) is 47.5 Å². The van der Waals surface area contributed by atoms with Crippen molar-refractivity contribution in [3.63, 3.8) is 0 Å². The van der Waals surface area contributed by atoms with Crippen LogP contribution >= 0.6 is 0 Å². The summed E-state index contributed by atoms with van der Waals surface area (Å²) in [5, 5.41) is 3.25. The van der Waals surface area contributed by atoms with Gasteiger partial charge in [0.25, 0.3) is 0 Å². The fraction of sp³-hybridized carbons (Fsp3) is 0.929. The molecule has 5 heteroatoms. The van der Waals surface area contributed by atoms with E-state index in [0.29, 0.717) is 0 Å². The fourth-order valence-electron chi connectivity index (χ4n) is 2.19. The van der Waals surface area contributed by atoms with Crippen LogP contribution in [0.25, 0.3) is 0 Å². The molecule has 0 saturated carbocycles. The number of alkyl halides is 1. The number of carbonyl (C=O) groups is 1. The number of hydrogen-bond acceptors (Lipinski definition) is 3. The first-order chi connectivity index (χ1) is 8.58. The van der Waals surface area contributed by atoms with E-state index in [2.05, 4.69) is 5.32 Å². The third kappa shape index (κ3) is 6.23. The highest BCUT2D eigenvalue weighted by Crippen LogP contribution is 2.21. The Kier molecular flexibility index (Phi) is 5.18. The van der Waals surface area contributed by atoms with Gasteiger partial charge >= 0.3 is 6.09 Å². The van der Waals surface area contributed by atoms with Crippen molar-refractivity contribution in [1.29, 1.82) is 0 Å². The normalized spacial score (nSPS) is 18.2. The van der Waals surface area contributed by atoms with Crippen molar-refractivity contribution in [3.8, 4) is 0 Å². The van der Waals surface area contributed by atoms with Crippen LogP contribution in [0, 0.1) is 0 Å². The summed E-state index contributed by atoms with van der Waals surface area (Å²) in [5.74, 6) is 0. The third-order valence-electron chi connectivity index (χ3n) is 2.92. The highest BCUT2D eigenvalue weighted by molar-refractivity contribution is 5.68. The van der Waals surface area contributed by atoms with Crippen LogP contribution in [0.3, 0.4) is 0 Å². The van der Waals surface area contributed by atoms with E-state index in [1.807, 2.05) is 20.8 Å². The lowest BCUT2D eigenvalue weighted by atomic mass is 10.0. The molecule has 0 aliphatic carbocycles. The first-order valence-electron chi connectivity index (χ1n) is 6.98. The SMILES string of the molecule is CC(C)(F)CN(C(=O)OC(C)(C)C)C1CCNCC1. The van der Waals surface area contributed by atoms with Gasteiger partial charge < -0.3 is 15.0 Å². The quantitative estimate of drug-likeness (QED) is 0.860. The Morgan fingerprint density at radius 3 is 2.21 bits per heavy atom. The van der Waals surface area contributed by atoms with Crippen molar-refractivity contribution in [3.05, 3.63) is 0 Å². The molecule has 0 unspecified atom stereocenters. The Bertz CT molecular complexity index is 302. The first kappa shape index (κ1) is 16.2. The maximum atomic E-state index is 13.9. The Labute approximate surface area is 115 Å². The van der Waals surface area contributed by atoms with Crippen molar-refractivity contribution >= 4 is 6.09 Å². The van der Waals surface area contributed by atoms with E-state index in [0.717, 1.165) is 25.9 Å². The number of piperidine rings is 1. The number of nitrogens with one attached hydrogen (secondary N) is 1. The zero-order valence-electron chi connectivity index (χ0n) is 12.8. The molecule has 0 atom stereocenters. The molecule has 1 amide bonds. The Balaban J connectivity index is 2.76. The van der Waals surface area contributed by atoms with Gasteiger partial charge in [-0.3, -0.25) is 0 Å². The molecule has 1 saturated heterocycles. The van der Waals surface area contributed by atoms with E-state index >= 15 is 0 Å². The minimum atomic E-state index is -1.41. The highest BCUT2D eigenvalue weighted by atomic mass is 19.1. The number of carbonyl (C=O) groups excluding carboxylic acids is 1. The van der Waals surface area contributed by atoms with Crippen molar-refractivity contribution in [1.82, 2.24) is 10.2 Å². The Morgan fingerprint density at radius 2 is 1.79 bits per heavy atom. The van der Waals surface area contributed by atoms with E-state index < -0.39 is 17.4 Å². The summed E-state index contributed by atoms with van der Waals surface area (Å²) in [6.07, 6.45) is 1.27. The van der Waals surface area contributed by atoms with Gasteiger partial charge in [-0.15, -0.1) is 0 Å². The fourth-order valence-corrected chi connectivity index (χ4v) is 2.19. The molecule has 1 aliphatic rings. The van der Waals surface area contributed by atoms with Crippen molar-refractivity contribution < 1.29 is 13.9 Å². The molecule has 1 heterocycles. The minimum absolute atomic E-state index is 0.0612. The summed E-state index contributed by atoms with van der Waals surface area (Å²) < 4.78 is 19.3. The first-order valence-corrected chi connectivity index (χ1v) is 6.98. The molecule has 0 bridgehead atoms. The van der Waals surface area contributed by atoms with E-state index in [4.69, 9.17) is 4.74 Å². The van der Waals surface area contributed by atoms with Gasteiger partial charge in [0.05, 0.1) is 6.54 Å². The summed E-state index contributed by atoms with van der Waals surface area (Å²) in [7, 11) is 0. The smallest absolute Gasteiger partial charge is 0.410 e. The lowest BCUT2D eigenvalue weighted by Gasteiger charge is -2.37. The Hall–Kier alpha value is -0.840. The van der Waals surface area contributed by atoms with E-state index in [9.17, 15) is 9.18 Å². The van der Waals surface area contributed by atoms with Crippen molar-refractivity contribution in [2.45, 2.75) is 64.8 Å². The zero-order valence-corrected chi connectivity index (χ0v) is 12.8. The molecule has 0 radical (unpaired) electrons. The lowest BCUT2D eigenvalue weighted by Crippen LogP contribution is -2.51. The molecule has 112 valence electrons. The molecule has 1 N–H and O–H groups in total. The second-order valence-electron chi connectivity index (χ2n) is 6.81. The topological polar surface area (TPSA) is 41.6 Å². The minimum Gasteiger partial charge on any atom is -0.444 e. The van der Waals surface area contributed by atoms with Crippen LogP contribution in [-0.4, -0.2) is 47.9 Å². The van der Waals surface area contributed by atoms with Gasteiger partial charge in [0, 0.05) is 6.04 Å². The average Bonchev–Trinajstić information content (AvgIpc) is 2.23. The van der Waals surface area contributed by atoms with Crippen LogP contribution in [0.2, 0.25) is 0 Å². The molecule has 0 spiro atoms. The number of hydrogen-bond donors (Lipinski definition) is 1. The van der Waals surface area contributed by atoms with Crippen LogP contribution < -0.4 is 5.32 Å². The maximum Gasteiger partial charge on any atom is 0.410 e. The monoisotopic (exact) mass is 274 g/mol. The van der Waals surface area contributed by atoms with E-state index in [1.54, 1.807) is 4.90 Å². The Morgan fingerprint density at radius 1 is 1.26 bits per heavy atom. The molecule has 1 aliphatic heterocycles. The van der Waals surface area contributed by atoms with Crippen LogP contribution in [-0.2, 0) is 4.74 Å². The van der Waals surface area contributed by atoms with Gasteiger partial charge in [-0.1, -0.05) is 0 Å². The summed E-state index contributed by atoms with van der Waals surface area (Å²) in [5.41, 5.74) is -1.97. The number of nitrogens with zero attached hydrogens (tertiary/aromatic N) is 1. The third-order valence-corrected chi connectivity index (χ3v) is 2.92. The van der Waals surface area contributed by atoms with Gasteiger partial charge in [0.1, 0.15) is 11.3 Å². The summed E-state index contributed by atoms with van der Waals surface area (Å²) >= 11 is 0. The van der Waals surface area contributed by atoms with Crippen LogP contribution in [0.4, 0.5) is 9.18 Å². The number of amides is 1. The molecular weight excluding hydrogens is 247 g/mol. The molecule has 0 aromatic heterocycles. The number of rotatable bonds is 3. The number of halogens is 1. The molecule has 0 aromatic rings. The van der Waals surface area contributed by atoms with Crippen LogP contribution in [0.15, 0.2) is 0 Å². The largest absolute Gasteiger partial charge is 0.444 e. The molecule has 1 rings (SSSR count). The molecule has 1 fully saturated rings. The van der Waals surface area contributed by atoms with Crippen molar-refractivity contribution in [2.75, 3.05) is 19.6 Å². The predicted molar refractivity (Wildman–Crippen MR) is 74.0 cm³/mol. The van der Waals surface area contributed by atoms with Gasteiger partial charge in [0.15, 0.2) is 0 Å². The molecule has 0 aromatic carbocycles. The maximum absolute atomic E-state index is 13.9. The molecular formula is C14H27FN2O2. The second kappa shape index (κ2) is 6.07. The molecule has 19 heavy (non-hydrogen) atoms. The summed E-state index contributed by atoms with van der Waals surface area (Å²) in [4.78, 5) is 13.8. The number of ether oxygens (including phenoxy) is 1. The average molecular weight is 274 g/mol. The van der Waals surface area contributed by atoms with E-state index in [-0.39, 0.29) is 12.6 Å². The van der Waals surface area contributed by atoms with Gasteiger partial charge in [-0.2, -0.15) is 0 Å². The highest BCUT2D eigenvalue weighted by Gasteiger charge is 2.33. The standard InChI is InChI=1S/C14H27FN2O2/c1-13(2,3)19-12(18)17(10-14(4,5)15)11-6-8-16-9-7-11/h11,16H,6-10H2,1-5H3.